The van der Waals surface area contributed by atoms with Crippen molar-refractivity contribution < 1.29 is 14.6 Å². The summed E-state index contributed by atoms with van der Waals surface area (Å²) in [7, 11) is 0. The highest BCUT2D eigenvalue weighted by Gasteiger charge is 2.20. The molecule has 0 fully saturated rings. The number of hydrogen-bond donors (Lipinski definition) is 2. The Morgan fingerprint density at radius 3 is 2.80 bits per heavy atom. The van der Waals surface area contributed by atoms with Crippen molar-refractivity contribution >= 4 is 40.9 Å². The van der Waals surface area contributed by atoms with Crippen molar-refractivity contribution in [2.75, 3.05) is 25.2 Å². The Morgan fingerprint density at radius 1 is 1.50 bits per heavy atom. The lowest BCUT2D eigenvalue weighted by Gasteiger charge is -2.22. The molecule has 0 aliphatic rings. The van der Waals surface area contributed by atoms with Crippen LogP contribution >= 0.6 is 35.0 Å². The van der Waals surface area contributed by atoms with Gasteiger partial charge in [-0.25, -0.2) is 0 Å². The standard InChI is InChI=1S/C13H17Cl2NO3S/c1-13(18,8-20-2)7-16-12(17)6-19-11-4-3-9(14)5-10(11)15/h3-5,18H,6-8H2,1-2H3,(H,16,17)/t13-/m1/s1. The highest BCUT2D eigenvalue weighted by Crippen LogP contribution is 2.27. The van der Waals surface area contributed by atoms with Gasteiger partial charge in [-0.1, -0.05) is 23.2 Å². The fraction of sp³-hybridized carbons (Fsp3) is 0.462. The molecular formula is C13H17Cl2NO3S. The van der Waals surface area contributed by atoms with E-state index in [2.05, 4.69) is 5.32 Å². The normalized spacial score (nSPS) is 13.7. The Hall–Kier alpha value is -0.620. The highest BCUT2D eigenvalue weighted by atomic mass is 35.5. The molecule has 0 radical (unpaired) electrons. The van der Waals surface area contributed by atoms with Crippen LogP contribution in [0.4, 0.5) is 0 Å². The van der Waals surface area contributed by atoms with Crippen molar-refractivity contribution in [3.63, 3.8) is 0 Å². The molecule has 1 rings (SSSR count). The van der Waals surface area contributed by atoms with E-state index in [4.69, 9.17) is 27.9 Å². The summed E-state index contributed by atoms with van der Waals surface area (Å²) < 4.78 is 5.29. The predicted octanol–water partition coefficient (Wildman–Crippen LogP) is 2.60. The number of aliphatic hydroxyl groups is 1. The molecule has 1 aromatic rings. The van der Waals surface area contributed by atoms with Gasteiger partial charge in [-0.15, -0.1) is 0 Å². The minimum atomic E-state index is -0.938. The van der Waals surface area contributed by atoms with Gasteiger partial charge in [0.05, 0.1) is 10.6 Å². The maximum atomic E-state index is 11.6. The molecule has 0 heterocycles. The maximum Gasteiger partial charge on any atom is 0.258 e. The van der Waals surface area contributed by atoms with Gasteiger partial charge in [-0.3, -0.25) is 4.79 Å². The van der Waals surface area contributed by atoms with Crippen LogP contribution in [0.25, 0.3) is 0 Å². The van der Waals surface area contributed by atoms with E-state index in [1.165, 1.54) is 11.8 Å². The van der Waals surface area contributed by atoms with E-state index in [1.807, 2.05) is 6.26 Å². The SMILES string of the molecule is CSC[C@](C)(O)CNC(=O)COc1ccc(Cl)cc1Cl. The van der Waals surface area contributed by atoms with Crippen LogP contribution in [0.15, 0.2) is 18.2 Å². The van der Waals surface area contributed by atoms with Crippen LogP contribution in [0, 0.1) is 0 Å². The fourth-order valence-corrected chi connectivity index (χ4v) is 2.62. The second-order valence-corrected chi connectivity index (χ2v) is 6.28. The molecule has 1 amide bonds. The zero-order valence-corrected chi connectivity index (χ0v) is 13.6. The van der Waals surface area contributed by atoms with E-state index in [0.717, 1.165) is 0 Å². The molecular weight excluding hydrogens is 321 g/mol. The summed E-state index contributed by atoms with van der Waals surface area (Å²) in [6.45, 7) is 1.67. The summed E-state index contributed by atoms with van der Waals surface area (Å²) in [4.78, 5) is 11.6. The Labute approximate surface area is 132 Å². The molecule has 2 N–H and O–H groups in total. The van der Waals surface area contributed by atoms with Crippen LogP contribution in [0.2, 0.25) is 10.0 Å². The molecule has 0 saturated heterocycles. The van der Waals surface area contributed by atoms with Crippen molar-refractivity contribution in [2.24, 2.45) is 0 Å². The number of benzene rings is 1. The first-order valence-corrected chi connectivity index (χ1v) is 8.05. The first-order chi connectivity index (χ1) is 9.34. The zero-order valence-electron chi connectivity index (χ0n) is 11.3. The molecule has 4 nitrogen and oxygen atoms in total. The number of nitrogens with one attached hydrogen (secondary N) is 1. The van der Waals surface area contributed by atoms with Gasteiger partial charge in [0.2, 0.25) is 0 Å². The monoisotopic (exact) mass is 337 g/mol. The Morgan fingerprint density at radius 2 is 2.20 bits per heavy atom. The Bertz CT molecular complexity index is 469. The number of hydrogen-bond acceptors (Lipinski definition) is 4. The number of halogens is 2. The Balaban J connectivity index is 2.40. The van der Waals surface area contributed by atoms with Crippen molar-refractivity contribution in [1.82, 2.24) is 5.32 Å². The zero-order chi connectivity index (χ0) is 15.2. The van der Waals surface area contributed by atoms with E-state index in [1.54, 1.807) is 25.1 Å². The fourth-order valence-electron chi connectivity index (χ4n) is 1.44. The molecule has 1 aromatic carbocycles. The average Bonchev–Trinajstić information content (AvgIpc) is 2.35. The van der Waals surface area contributed by atoms with Crippen molar-refractivity contribution in [3.05, 3.63) is 28.2 Å². The van der Waals surface area contributed by atoms with E-state index >= 15 is 0 Å². The number of carbonyl (C=O) groups is 1. The number of thioether (sulfide) groups is 1. The van der Waals surface area contributed by atoms with E-state index in [9.17, 15) is 9.90 Å². The number of rotatable bonds is 7. The molecule has 0 aromatic heterocycles. The molecule has 0 bridgehead atoms. The van der Waals surface area contributed by atoms with Crippen molar-refractivity contribution in [1.29, 1.82) is 0 Å². The van der Waals surface area contributed by atoms with Crippen LogP contribution in [-0.4, -0.2) is 41.8 Å². The molecule has 112 valence electrons. The third-order valence-electron chi connectivity index (χ3n) is 2.37. The van der Waals surface area contributed by atoms with Gasteiger partial charge in [-0.05, 0) is 31.4 Å². The summed E-state index contributed by atoms with van der Waals surface area (Å²) in [5.41, 5.74) is -0.938. The second-order valence-electron chi connectivity index (χ2n) is 4.57. The van der Waals surface area contributed by atoms with Crippen LogP contribution in [0.1, 0.15) is 6.92 Å². The molecule has 0 spiro atoms. The molecule has 0 saturated carbocycles. The summed E-state index contributed by atoms with van der Waals surface area (Å²) in [6, 6.07) is 4.77. The lowest BCUT2D eigenvalue weighted by Crippen LogP contribution is -2.43. The van der Waals surface area contributed by atoms with Gasteiger partial charge in [0.15, 0.2) is 6.61 Å². The van der Waals surface area contributed by atoms with Gasteiger partial charge in [0, 0.05) is 17.3 Å². The summed E-state index contributed by atoms with van der Waals surface area (Å²) in [5, 5.41) is 13.4. The minimum absolute atomic E-state index is 0.170. The maximum absolute atomic E-state index is 11.6. The predicted molar refractivity (Wildman–Crippen MR) is 84.0 cm³/mol. The summed E-state index contributed by atoms with van der Waals surface area (Å²) >= 11 is 13.2. The van der Waals surface area contributed by atoms with Gasteiger partial charge >= 0.3 is 0 Å². The largest absolute Gasteiger partial charge is 0.482 e. The van der Waals surface area contributed by atoms with Crippen LogP contribution in [-0.2, 0) is 4.79 Å². The Kier molecular flexibility index (Phi) is 6.95. The molecule has 0 unspecified atom stereocenters. The van der Waals surface area contributed by atoms with E-state index in [0.29, 0.717) is 21.5 Å². The number of carbonyl (C=O) groups excluding carboxylic acids is 1. The van der Waals surface area contributed by atoms with Crippen molar-refractivity contribution in [2.45, 2.75) is 12.5 Å². The lowest BCUT2D eigenvalue weighted by molar-refractivity contribution is -0.124. The van der Waals surface area contributed by atoms with Gasteiger partial charge in [0.25, 0.3) is 5.91 Å². The smallest absolute Gasteiger partial charge is 0.258 e. The first-order valence-electron chi connectivity index (χ1n) is 5.90. The highest BCUT2D eigenvalue weighted by molar-refractivity contribution is 7.98. The van der Waals surface area contributed by atoms with Crippen LogP contribution in [0.5, 0.6) is 5.75 Å². The molecule has 1 atom stereocenters. The van der Waals surface area contributed by atoms with Gasteiger partial charge in [-0.2, -0.15) is 11.8 Å². The minimum Gasteiger partial charge on any atom is -0.482 e. The number of amides is 1. The topological polar surface area (TPSA) is 58.6 Å². The summed E-state index contributed by atoms with van der Waals surface area (Å²) in [5.74, 6) is 0.608. The average molecular weight is 338 g/mol. The molecule has 0 aliphatic carbocycles. The summed E-state index contributed by atoms with van der Waals surface area (Å²) in [6.07, 6.45) is 1.89. The molecule has 0 aliphatic heterocycles. The first kappa shape index (κ1) is 17.4. The third-order valence-corrected chi connectivity index (χ3v) is 3.82. The number of ether oxygens (including phenoxy) is 1. The quantitative estimate of drug-likeness (QED) is 0.802. The van der Waals surface area contributed by atoms with E-state index < -0.39 is 5.60 Å². The molecule has 7 heteroatoms. The van der Waals surface area contributed by atoms with Crippen LogP contribution < -0.4 is 10.1 Å². The van der Waals surface area contributed by atoms with Gasteiger partial charge in [0.1, 0.15) is 5.75 Å². The van der Waals surface area contributed by atoms with E-state index in [-0.39, 0.29) is 19.1 Å². The molecule has 20 heavy (non-hydrogen) atoms. The second kappa shape index (κ2) is 7.98. The lowest BCUT2D eigenvalue weighted by atomic mass is 10.1. The van der Waals surface area contributed by atoms with Crippen LogP contribution in [0.3, 0.4) is 0 Å². The third kappa shape index (κ3) is 6.22. The van der Waals surface area contributed by atoms with Crippen molar-refractivity contribution in [3.8, 4) is 5.75 Å². The van der Waals surface area contributed by atoms with Gasteiger partial charge < -0.3 is 15.2 Å².